The zero-order chi connectivity index (χ0) is 12.1. The molecular weight excluding hydrogens is 237 g/mol. The minimum atomic E-state index is -1.22. The summed E-state index contributed by atoms with van der Waals surface area (Å²) in [6.07, 6.45) is 2.72. The van der Waals surface area contributed by atoms with Gasteiger partial charge in [0.25, 0.3) is 0 Å². The minimum Gasteiger partial charge on any atom is -0.288 e. The van der Waals surface area contributed by atoms with Crippen molar-refractivity contribution in [3.63, 3.8) is 0 Å². The highest BCUT2D eigenvalue weighted by molar-refractivity contribution is 8.13. The Balaban J connectivity index is 2.77. The van der Waals surface area contributed by atoms with Crippen LogP contribution < -0.4 is 0 Å². The third-order valence-corrected chi connectivity index (χ3v) is 2.47. The van der Waals surface area contributed by atoms with E-state index in [0.29, 0.717) is 11.8 Å². The molecule has 86 valence electrons. The Labute approximate surface area is 95.3 Å². The summed E-state index contributed by atoms with van der Waals surface area (Å²) in [5, 5.41) is -0.0736. The molecule has 0 aliphatic rings. The molecule has 0 aliphatic carbocycles. The number of hydrogen-bond acceptors (Lipinski definition) is 2. The Hall–Kier alpha value is -1.23. The van der Waals surface area contributed by atoms with Gasteiger partial charge in [0.1, 0.15) is 5.82 Å². The molecule has 1 aromatic carbocycles. The summed E-state index contributed by atoms with van der Waals surface area (Å²) in [6.45, 7) is 1.40. The second-order valence-electron chi connectivity index (χ2n) is 3.00. The quantitative estimate of drug-likeness (QED) is 0.760. The maximum Gasteiger partial charge on any atom is 0.186 e. The molecule has 16 heavy (non-hydrogen) atoms. The molecule has 0 unspecified atom stereocenters. The van der Waals surface area contributed by atoms with Crippen LogP contribution in [-0.2, 0) is 4.79 Å². The average molecular weight is 246 g/mol. The smallest absolute Gasteiger partial charge is 0.186 e. The van der Waals surface area contributed by atoms with E-state index >= 15 is 0 Å². The molecule has 1 nitrogen and oxygen atoms in total. The lowest BCUT2D eigenvalue weighted by Crippen LogP contribution is -1.91. The van der Waals surface area contributed by atoms with Gasteiger partial charge in [0.05, 0.1) is 0 Å². The van der Waals surface area contributed by atoms with Gasteiger partial charge in [-0.1, -0.05) is 23.9 Å². The van der Waals surface area contributed by atoms with Crippen LogP contribution in [0, 0.1) is 17.5 Å². The molecule has 0 heterocycles. The number of thioether (sulfide) groups is 1. The van der Waals surface area contributed by atoms with Crippen molar-refractivity contribution in [2.75, 3.05) is 5.75 Å². The number of carbonyl (C=O) groups excluding carboxylic acids is 1. The van der Waals surface area contributed by atoms with Crippen molar-refractivity contribution in [3.05, 3.63) is 41.2 Å². The number of halogens is 3. The van der Waals surface area contributed by atoms with Crippen molar-refractivity contribution >= 4 is 23.0 Å². The number of carbonyl (C=O) groups is 1. The second kappa shape index (κ2) is 5.75. The molecule has 0 saturated heterocycles. The molecule has 0 spiro atoms. The third kappa shape index (κ3) is 3.73. The first-order valence-corrected chi connectivity index (χ1v) is 5.43. The predicted molar refractivity (Wildman–Crippen MR) is 58.5 cm³/mol. The van der Waals surface area contributed by atoms with Gasteiger partial charge in [-0.25, -0.2) is 13.2 Å². The SMILES string of the molecule is CC(=O)SCC=Cc1cc(F)cc(F)c1F. The highest BCUT2D eigenvalue weighted by Crippen LogP contribution is 2.16. The average Bonchev–Trinajstić information content (AvgIpc) is 2.19. The summed E-state index contributed by atoms with van der Waals surface area (Å²) in [6, 6.07) is 1.38. The van der Waals surface area contributed by atoms with E-state index in [0.717, 1.165) is 17.8 Å². The van der Waals surface area contributed by atoms with E-state index < -0.39 is 17.5 Å². The van der Waals surface area contributed by atoms with Crippen molar-refractivity contribution in [3.8, 4) is 0 Å². The number of hydrogen-bond donors (Lipinski definition) is 0. The zero-order valence-corrected chi connectivity index (χ0v) is 9.28. The molecule has 0 fully saturated rings. The van der Waals surface area contributed by atoms with E-state index in [2.05, 4.69) is 0 Å². The van der Waals surface area contributed by atoms with Crippen LogP contribution in [0.2, 0.25) is 0 Å². The standard InChI is InChI=1S/C11H9F3OS/c1-7(15)16-4-2-3-8-5-9(12)6-10(13)11(8)14/h2-3,5-6H,4H2,1H3. The molecule has 0 aromatic heterocycles. The van der Waals surface area contributed by atoms with Crippen molar-refractivity contribution in [2.24, 2.45) is 0 Å². The van der Waals surface area contributed by atoms with Crippen molar-refractivity contribution in [1.29, 1.82) is 0 Å². The van der Waals surface area contributed by atoms with Crippen molar-refractivity contribution in [2.45, 2.75) is 6.92 Å². The van der Waals surface area contributed by atoms with E-state index in [1.807, 2.05) is 0 Å². The molecule has 0 atom stereocenters. The van der Waals surface area contributed by atoms with Crippen LogP contribution >= 0.6 is 11.8 Å². The Morgan fingerprint density at radius 1 is 1.38 bits per heavy atom. The van der Waals surface area contributed by atoms with Gasteiger partial charge in [-0.3, -0.25) is 4.79 Å². The van der Waals surface area contributed by atoms with Crippen LogP contribution in [0.4, 0.5) is 13.2 Å². The van der Waals surface area contributed by atoms with Gasteiger partial charge in [-0.15, -0.1) is 0 Å². The Kier molecular flexibility index (Phi) is 4.61. The van der Waals surface area contributed by atoms with Crippen LogP contribution in [0.3, 0.4) is 0 Å². The molecular formula is C11H9F3OS. The van der Waals surface area contributed by atoms with Crippen LogP contribution in [0.15, 0.2) is 18.2 Å². The normalized spacial score (nSPS) is 11.0. The van der Waals surface area contributed by atoms with Gasteiger partial charge in [-0.2, -0.15) is 0 Å². The third-order valence-electron chi connectivity index (χ3n) is 1.70. The lowest BCUT2D eigenvalue weighted by atomic mass is 10.2. The molecule has 5 heteroatoms. The fourth-order valence-electron chi connectivity index (χ4n) is 1.04. The minimum absolute atomic E-state index is 0.0736. The van der Waals surface area contributed by atoms with Gasteiger partial charge >= 0.3 is 0 Å². The fourth-order valence-corrected chi connectivity index (χ4v) is 1.46. The lowest BCUT2D eigenvalue weighted by molar-refractivity contribution is -0.109. The summed E-state index contributed by atoms with van der Waals surface area (Å²) in [5.41, 5.74) is -0.165. The van der Waals surface area contributed by atoms with E-state index in [1.54, 1.807) is 0 Å². The van der Waals surface area contributed by atoms with E-state index in [-0.39, 0.29) is 10.7 Å². The van der Waals surface area contributed by atoms with Gasteiger partial charge in [-0.05, 0) is 6.07 Å². The highest BCUT2D eigenvalue weighted by Gasteiger charge is 2.08. The molecule has 1 aromatic rings. The van der Waals surface area contributed by atoms with Crippen LogP contribution in [0.1, 0.15) is 12.5 Å². The van der Waals surface area contributed by atoms with Gasteiger partial charge < -0.3 is 0 Å². The van der Waals surface area contributed by atoms with E-state index in [9.17, 15) is 18.0 Å². The summed E-state index contributed by atoms with van der Waals surface area (Å²) < 4.78 is 38.6. The Morgan fingerprint density at radius 3 is 2.69 bits per heavy atom. The van der Waals surface area contributed by atoms with Gasteiger partial charge in [0.2, 0.25) is 0 Å². The first-order chi connectivity index (χ1) is 7.50. The van der Waals surface area contributed by atoms with Gasteiger partial charge in [0, 0.05) is 24.3 Å². The summed E-state index contributed by atoms with van der Waals surface area (Å²) >= 11 is 1.03. The predicted octanol–water partition coefficient (Wildman–Crippen LogP) is 3.40. The Morgan fingerprint density at radius 2 is 2.06 bits per heavy atom. The van der Waals surface area contributed by atoms with Crippen molar-refractivity contribution in [1.82, 2.24) is 0 Å². The van der Waals surface area contributed by atoms with Crippen LogP contribution in [0.5, 0.6) is 0 Å². The van der Waals surface area contributed by atoms with Crippen LogP contribution in [0.25, 0.3) is 6.08 Å². The first kappa shape index (κ1) is 12.8. The molecule has 0 aliphatic heterocycles. The fraction of sp³-hybridized carbons (Fsp3) is 0.182. The zero-order valence-electron chi connectivity index (χ0n) is 8.47. The Bertz CT molecular complexity index is 429. The molecule has 0 radical (unpaired) electrons. The molecule has 0 saturated carbocycles. The molecule has 0 bridgehead atoms. The monoisotopic (exact) mass is 246 g/mol. The lowest BCUT2D eigenvalue weighted by Gasteiger charge is -1.98. The first-order valence-electron chi connectivity index (χ1n) is 4.45. The van der Waals surface area contributed by atoms with E-state index in [4.69, 9.17) is 0 Å². The van der Waals surface area contributed by atoms with Crippen LogP contribution in [-0.4, -0.2) is 10.9 Å². The number of benzene rings is 1. The summed E-state index contributed by atoms with van der Waals surface area (Å²) in [5.74, 6) is -2.81. The maximum absolute atomic E-state index is 13.1. The van der Waals surface area contributed by atoms with E-state index in [1.165, 1.54) is 19.1 Å². The molecule has 0 N–H and O–H groups in total. The van der Waals surface area contributed by atoms with Crippen molar-refractivity contribution < 1.29 is 18.0 Å². The van der Waals surface area contributed by atoms with Gasteiger partial charge in [0.15, 0.2) is 16.7 Å². The second-order valence-corrected chi connectivity index (χ2v) is 4.19. The topological polar surface area (TPSA) is 17.1 Å². The summed E-state index contributed by atoms with van der Waals surface area (Å²) in [7, 11) is 0. The number of rotatable bonds is 3. The maximum atomic E-state index is 13.1. The summed E-state index contributed by atoms with van der Waals surface area (Å²) in [4.78, 5) is 10.6. The highest BCUT2D eigenvalue weighted by atomic mass is 32.2. The largest absolute Gasteiger partial charge is 0.288 e. The molecule has 0 amide bonds. The molecule has 1 rings (SSSR count).